The molecule has 3 rings (SSSR count). The van der Waals surface area contributed by atoms with E-state index in [0.29, 0.717) is 17.0 Å². The van der Waals surface area contributed by atoms with Crippen molar-refractivity contribution in [3.8, 4) is 5.69 Å². The highest BCUT2D eigenvalue weighted by Crippen LogP contribution is 2.26. The molecule has 28 heavy (non-hydrogen) atoms. The number of likely N-dealkylation sites (tertiary alicyclic amines) is 1. The number of aromatic nitrogens is 3. The number of carbonyl (C=O) groups excluding carboxylic acids is 1. The van der Waals surface area contributed by atoms with Crippen LogP contribution in [-0.4, -0.2) is 58.0 Å². The maximum Gasteiger partial charge on any atom is 0.233 e. The van der Waals surface area contributed by atoms with E-state index in [1.807, 2.05) is 9.47 Å². The van der Waals surface area contributed by atoms with Crippen molar-refractivity contribution < 1.29 is 14.1 Å². The molecular weight excluding hydrogens is 377 g/mol. The summed E-state index contributed by atoms with van der Waals surface area (Å²) in [4.78, 5) is 15.9. The molecule has 1 amide bonds. The van der Waals surface area contributed by atoms with Gasteiger partial charge < -0.3 is 9.80 Å². The highest BCUT2D eigenvalue weighted by Gasteiger charge is 2.26. The number of hydrogen-bond acceptors (Lipinski definition) is 4. The molecule has 1 aliphatic rings. The fourth-order valence-electron chi connectivity index (χ4n) is 3.42. The SMILES string of the molecule is C[C@H]1CCCCN1C(=O)CSc1nnc([C@H](C)[NH+](C)C)n1-c1ccc(F)cc1. The van der Waals surface area contributed by atoms with Crippen molar-refractivity contribution in [3.05, 3.63) is 35.9 Å². The number of quaternary nitrogens is 1. The lowest BCUT2D eigenvalue weighted by molar-refractivity contribution is -0.890. The van der Waals surface area contributed by atoms with Gasteiger partial charge in [-0.1, -0.05) is 11.8 Å². The Kier molecular flexibility index (Phi) is 6.72. The van der Waals surface area contributed by atoms with Crippen molar-refractivity contribution in [3.63, 3.8) is 0 Å². The Morgan fingerprint density at radius 2 is 2.00 bits per heavy atom. The van der Waals surface area contributed by atoms with Gasteiger partial charge in [0.2, 0.25) is 5.91 Å². The molecule has 2 heterocycles. The molecule has 0 unspecified atom stereocenters. The van der Waals surface area contributed by atoms with E-state index in [4.69, 9.17) is 0 Å². The number of piperidine rings is 1. The molecule has 0 aliphatic carbocycles. The smallest absolute Gasteiger partial charge is 0.233 e. The van der Waals surface area contributed by atoms with Gasteiger partial charge in [0.05, 0.1) is 19.8 Å². The van der Waals surface area contributed by atoms with E-state index in [0.717, 1.165) is 30.9 Å². The fraction of sp³-hybridized carbons (Fsp3) is 0.550. The van der Waals surface area contributed by atoms with Gasteiger partial charge >= 0.3 is 0 Å². The van der Waals surface area contributed by atoms with Crippen LogP contribution < -0.4 is 4.90 Å². The van der Waals surface area contributed by atoms with Gasteiger partial charge in [-0.3, -0.25) is 9.36 Å². The second-order valence-electron chi connectivity index (χ2n) is 7.67. The molecule has 1 N–H and O–H groups in total. The molecule has 0 saturated carbocycles. The van der Waals surface area contributed by atoms with E-state index in [2.05, 4.69) is 38.1 Å². The average molecular weight is 407 g/mol. The molecule has 1 aromatic heterocycles. The topological polar surface area (TPSA) is 55.5 Å². The Labute approximate surface area is 170 Å². The third-order valence-electron chi connectivity index (χ3n) is 5.44. The zero-order valence-corrected chi connectivity index (χ0v) is 17.8. The van der Waals surface area contributed by atoms with Crippen molar-refractivity contribution in [1.29, 1.82) is 0 Å². The molecule has 8 heteroatoms. The minimum atomic E-state index is -0.284. The van der Waals surface area contributed by atoms with Gasteiger partial charge in [-0.25, -0.2) is 4.39 Å². The molecule has 1 saturated heterocycles. The van der Waals surface area contributed by atoms with Crippen LogP contribution in [0.25, 0.3) is 5.69 Å². The van der Waals surface area contributed by atoms with Crippen LogP contribution in [0.4, 0.5) is 4.39 Å². The summed E-state index contributed by atoms with van der Waals surface area (Å²) in [6.07, 6.45) is 3.32. The number of carbonyl (C=O) groups is 1. The van der Waals surface area contributed by atoms with Crippen LogP contribution in [0, 0.1) is 5.82 Å². The van der Waals surface area contributed by atoms with E-state index >= 15 is 0 Å². The minimum Gasteiger partial charge on any atom is -0.339 e. The second-order valence-corrected chi connectivity index (χ2v) is 8.61. The van der Waals surface area contributed by atoms with Gasteiger partial charge in [0.1, 0.15) is 11.9 Å². The molecule has 2 atom stereocenters. The van der Waals surface area contributed by atoms with Gasteiger partial charge in [-0.05, 0) is 57.4 Å². The summed E-state index contributed by atoms with van der Waals surface area (Å²) >= 11 is 1.39. The molecule has 0 spiro atoms. The van der Waals surface area contributed by atoms with Crippen LogP contribution in [0.15, 0.2) is 29.4 Å². The zero-order chi connectivity index (χ0) is 20.3. The van der Waals surface area contributed by atoms with E-state index in [1.165, 1.54) is 35.2 Å². The summed E-state index contributed by atoms with van der Waals surface area (Å²) in [6, 6.07) is 6.70. The van der Waals surface area contributed by atoms with Crippen molar-refractivity contribution in [2.45, 2.75) is 50.4 Å². The summed E-state index contributed by atoms with van der Waals surface area (Å²) in [5, 5.41) is 9.41. The van der Waals surface area contributed by atoms with Gasteiger partial charge in [-0.2, -0.15) is 0 Å². The van der Waals surface area contributed by atoms with Gasteiger partial charge in [0, 0.05) is 18.3 Å². The first-order valence-corrected chi connectivity index (χ1v) is 10.8. The zero-order valence-electron chi connectivity index (χ0n) is 17.0. The number of nitrogens with zero attached hydrogens (tertiary/aromatic N) is 4. The average Bonchev–Trinajstić information content (AvgIpc) is 3.10. The molecule has 1 fully saturated rings. The quantitative estimate of drug-likeness (QED) is 0.747. The van der Waals surface area contributed by atoms with Crippen LogP contribution in [0.5, 0.6) is 0 Å². The number of hydrogen-bond donors (Lipinski definition) is 1. The molecule has 0 radical (unpaired) electrons. The molecular formula is C20H29FN5OS+. The largest absolute Gasteiger partial charge is 0.339 e. The van der Waals surface area contributed by atoms with Crippen LogP contribution in [0.3, 0.4) is 0 Å². The Balaban J connectivity index is 1.84. The minimum absolute atomic E-state index is 0.102. The molecule has 2 aromatic rings. The summed E-state index contributed by atoms with van der Waals surface area (Å²) in [6.45, 7) is 5.02. The second kappa shape index (κ2) is 9.05. The number of benzene rings is 1. The van der Waals surface area contributed by atoms with Crippen LogP contribution in [0.2, 0.25) is 0 Å². The summed E-state index contributed by atoms with van der Waals surface area (Å²) in [5.41, 5.74) is 0.802. The maximum absolute atomic E-state index is 13.4. The van der Waals surface area contributed by atoms with Gasteiger partial charge in [0.15, 0.2) is 11.0 Å². The Hall–Kier alpha value is -1.93. The highest BCUT2D eigenvalue weighted by molar-refractivity contribution is 7.99. The number of amides is 1. The lowest BCUT2D eigenvalue weighted by atomic mass is 10.0. The number of nitrogens with one attached hydrogen (secondary N) is 1. The third kappa shape index (κ3) is 4.55. The van der Waals surface area contributed by atoms with Crippen LogP contribution in [0.1, 0.15) is 45.0 Å². The monoisotopic (exact) mass is 406 g/mol. The summed E-state index contributed by atoms with van der Waals surface area (Å²) < 4.78 is 15.4. The Morgan fingerprint density at radius 3 is 2.64 bits per heavy atom. The van der Waals surface area contributed by atoms with Crippen molar-refractivity contribution in [1.82, 2.24) is 19.7 Å². The van der Waals surface area contributed by atoms with E-state index in [-0.39, 0.29) is 17.8 Å². The van der Waals surface area contributed by atoms with Crippen molar-refractivity contribution in [2.24, 2.45) is 0 Å². The normalized spacial score (nSPS) is 18.5. The molecule has 0 bridgehead atoms. The number of rotatable bonds is 6. The van der Waals surface area contributed by atoms with Gasteiger partial charge in [0.25, 0.3) is 0 Å². The maximum atomic E-state index is 13.4. The first-order valence-electron chi connectivity index (χ1n) is 9.82. The Bertz CT molecular complexity index is 807. The van der Waals surface area contributed by atoms with E-state index in [1.54, 1.807) is 12.1 Å². The van der Waals surface area contributed by atoms with Crippen molar-refractivity contribution in [2.75, 3.05) is 26.4 Å². The summed E-state index contributed by atoms with van der Waals surface area (Å²) in [5.74, 6) is 0.979. The number of thioether (sulfide) groups is 1. The molecule has 1 aliphatic heterocycles. The molecule has 152 valence electrons. The first kappa shape index (κ1) is 20.8. The Morgan fingerprint density at radius 1 is 1.29 bits per heavy atom. The highest BCUT2D eigenvalue weighted by atomic mass is 32.2. The summed E-state index contributed by atoms with van der Waals surface area (Å²) in [7, 11) is 4.12. The molecule has 6 nitrogen and oxygen atoms in total. The standard InChI is InChI=1S/C20H28FN5OS/c1-14-7-5-6-12-25(14)18(27)13-28-20-23-22-19(15(2)24(3)4)26(20)17-10-8-16(21)9-11-17/h8-11,14-15H,5-7,12-13H2,1-4H3/p+1/t14-,15-/m0/s1. The van der Waals surface area contributed by atoms with E-state index in [9.17, 15) is 9.18 Å². The lowest BCUT2D eigenvalue weighted by Gasteiger charge is -2.33. The van der Waals surface area contributed by atoms with E-state index < -0.39 is 0 Å². The fourth-order valence-corrected chi connectivity index (χ4v) is 4.27. The van der Waals surface area contributed by atoms with Crippen LogP contribution >= 0.6 is 11.8 Å². The number of halogens is 1. The van der Waals surface area contributed by atoms with Crippen LogP contribution in [-0.2, 0) is 4.79 Å². The van der Waals surface area contributed by atoms with Crippen molar-refractivity contribution >= 4 is 17.7 Å². The lowest BCUT2D eigenvalue weighted by Crippen LogP contribution is -3.05. The first-order chi connectivity index (χ1) is 13.4. The molecule has 1 aromatic carbocycles. The van der Waals surface area contributed by atoms with Gasteiger partial charge in [-0.15, -0.1) is 10.2 Å². The predicted octanol–water partition coefficient (Wildman–Crippen LogP) is 2.10. The third-order valence-corrected chi connectivity index (χ3v) is 6.36. The predicted molar refractivity (Wildman–Crippen MR) is 108 cm³/mol.